The average molecular weight is 291 g/mol. The minimum Gasteiger partial charge on any atom is -0.488 e. The monoisotopic (exact) mass is 291 g/mol. The molecule has 0 spiro atoms. The van der Waals surface area contributed by atoms with Gasteiger partial charge in [0, 0.05) is 0 Å². The van der Waals surface area contributed by atoms with Crippen LogP contribution in [0.4, 0.5) is 5.69 Å². The standard InChI is InChI=1S/C17H25NO3/c1-3-12-7-5-8-13(11-12)21-15-10-6-9-14(16(15)18)17(19)20-4-2/h6,9-10,12-13H,3-5,7-8,11,18H2,1-2H3. The Bertz CT molecular complexity index is 487. The van der Waals surface area contributed by atoms with Crippen molar-refractivity contribution in [3.8, 4) is 5.75 Å². The fourth-order valence-electron chi connectivity index (χ4n) is 2.93. The molecule has 21 heavy (non-hydrogen) atoms. The summed E-state index contributed by atoms with van der Waals surface area (Å²) in [4.78, 5) is 11.9. The lowest BCUT2D eigenvalue weighted by molar-refractivity contribution is 0.0526. The van der Waals surface area contributed by atoms with E-state index in [2.05, 4.69) is 6.92 Å². The number of hydrogen-bond acceptors (Lipinski definition) is 4. The van der Waals surface area contributed by atoms with Crippen molar-refractivity contribution in [1.29, 1.82) is 0 Å². The number of rotatable bonds is 5. The Labute approximate surface area is 126 Å². The van der Waals surface area contributed by atoms with E-state index in [4.69, 9.17) is 15.2 Å². The molecule has 116 valence electrons. The van der Waals surface area contributed by atoms with E-state index in [0.717, 1.165) is 18.8 Å². The van der Waals surface area contributed by atoms with E-state index in [1.165, 1.54) is 19.3 Å². The molecule has 2 rings (SSSR count). The van der Waals surface area contributed by atoms with Crippen molar-refractivity contribution in [1.82, 2.24) is 0 Å². The highest BCUT2D eigenvalue weighted by Crippen LogP contribution is 2.33. The third-order valence-corrected chi connectivity index (χ3v) is 4.17. The van der Waals surface area contributed by atoms with Crippen LogP contribution in [0.25, 0.3) is 0 Å². The van der Waals surface area contributed by atoms with E-state index in [1.807, 2.05) is 6.07 Å². The van der Waals surface area contributed by atoms with Gasteiger partial charge in [0.25, 0.3) is 0 Å². The largest absolute Gasteiger partial charge is 0.488 e. The van der Waals surface area contributed by atoms with Crippen LogP contribution in [0.3, 0.4) is 0 Å². The second-order valence-electron chi connectivity index (χ2n) is 5.62. The molecule has 1 aromatic carbocycles. The molecule has 0 heterocycles. The Morgan fingerprint density at radius 3 is 2.86 bits per heavy atom. The Morgan fingerprint density at radius 1 is 1.33 bits per heavy atom. The number of ether oxygens (including phenoxy) is 2. The van der Waals surface area contributed by atoms with Crippen molar-refractivity contribution in [2.75, 3.05) is 12.3 Å². The first-order valence-corrected chi connectivity index (χ1v) is 7.87. The van der Waals surface area contributed by atoms with Crippen molar-refractivity contribution >= 4 is 11.7 Å². The third kappa shape index (κ3) is 3.90. The van der Waals surface area contributed by atoms with E-state index < -0.39 is 5.97 Å². The molecule has 4 heteroatoms. The Balaban J connectivity index is 2.09. The van der Waals surface area contributed by atoms with Gasteiger partial charge in [-0.3, -0.25) is 0 Å². The molecule has 0 radical (unpaired) electrons. The maximum Gasteiger partial charge on any atom is 0.340 e. The fourth-order valence-corrected chi connectivity index (χ4v) is 2.93. The van der Waals surface area contributed by atoms with Crippen LogP contribution in [-0.4, -0.2) is 18.7 Å². The minimum absolute atomic E-state index is 0.198. The Kier molecular flexibility index (Phi) is 5.48. The zero-order valence-corrected chi connectivity index (χ0v) is 12.9. The molecule has 0 amide bonds. The van der Waals surface area contributed by atoms with Crippen molar-refractivity contribution in [2.45, 2.75) is 52.1 Å². The van der Waals surface area contributed by atoms with Gasteiger partial charge >= 0.3 is 5.97 Å². The summed E-state index contributed by atoms with van der Waals surface area (Å²) in [6, 6.07) is 5.29. The molecule has 4 nitrogen and oxygen atoms in total. The molecule has 1 saturated carbocycles. The summed E-state index contributed by atoms with van der Waals surface area (Å²) in [5.74, 6) is 0.941. The Morgan fingerprint density at radius 2 is 2.14 bits per heavy atom. The summed E-state index contributed by atoms with van der Waals surface area (Å²) < 4.78 is 11.1. The summed E-state index contributed by atoms with van der Waals surface area (Å²) in [6.07, 6.45) is 6.00. The first-order chi connectivity index (χ1) is 10.2. The second-order valence-corrected chi connectivity index (χ2v) is 5.62. The van der Waals surface area contributed by atoms with Gasteiger partial charge in [-0.15, -0.1) is 0 Å². The zero-order valence-electron chi connectivity index (χ0n) is 12.9. The van der Waals surface area contributed by atoms with Gasteiger partial charge in [0.2, 0.25) is 0 Å². The summed E-state index contributed by atoms with van der Waals surface area (Å²) in [5.41, 5.74) is 6.84. The van der Waals surface area contributed by atoms with Crippen molar-refractivity contribution in [3.63, 3.8) is 0 Å². The smallest absolute Gasteiger partial charge is 0.340 e. The van der Waals surface area contributed by atoms with Crippen LogP contribution < -0.4 is 10.5 Å². The first-order valence-electron chi connectivity index (χ1n) is 7.87. The van der Waals surface area contributed by atoms with Crippen LogP contribution in [-0.2, 0) is 4.74 Å². The van der Waals surface area contributed by atoms with Gasteiger partial charge < -0.3 is 15.2 Å². The minimum atomic E-state index is -0.393. The van der Waals surface area contributed by atoms with Crippen LogP contribution in [0.15, 0.2) is 18.2 Å². The Hall–Kier alpha value is -1.71. The van der Waals surface area contributed by atoms with Crippen molar-refractivity contribution in [2.24, 2.45) is 5.92 Å². The van der Waals surface area contributed by atoms with E-state index in [-0.39, 0.29) is 6.10 Å². The number of esters is 1. The van der Waals surface area contributed by atoms with Gasteiger partial charge in [-0.25, -0.2) is 4.79 Å². The lowest BCUT2D eigenvalue weighted by Crippen LogP contribution is -2.25. The predicted molar refractivity (Wildman–Crippen MR) is 83.5 cm³/mol. The number of benzene rings is 1. The number of carbonyl (C=O) groups excluding carboxylic acids is 1. The maximum atomic E-state index is 11.9. The number of nitrogen functional groups attached to an aromatic ring is 1. The molecular weight excluding hydrogens is 266 g/mol. The number of anilines is 1. The molecule has 2 unspecified atom stereocenters. The lowest BCUT2D eigenvalue weighted by atomic mass is 9.85. The maximum absolute atomic E-state index is 11.9. The SMILES string of the molecule is CCOC(=O)c1cccc(OC2CCCC(CC)C2)c1N. The van der Waals surface area contributed by atoms with Crippen molar-refractivity contribution < 1.29 is 14.3 Å². The van der Waals surface area contributed by atoms with Crippen molar-refractivity contribution in [3.05, 3.63) is 23.8 Å². The summed E-state index contributed by atoms with van der Waals surface area (Å²) in [5, 5.41) is 0. The molecule has 0 aromatic heterocycles. The van der Waals surface area contributed by atoms with E-state index >= 15 is 0 Å². The number of carbonyl (C=O) groups is 1. The van der Waals surface area contributed by atoms with Gasteiger partial charge in [-0.05, 0) is 44.2 Å². The summed E-state index contributed by atoms with van der Waals surface area (Å²) >= 11 is 0. The molecular formula is C17H25NO3. The van der Waals surface area contributed by atoms with Crippen LogP contribution in [0.1, 0.15) is 56.3 Å². The molecule has 0 aliphatic heterocycles. The van der Waals surface area contributed by atoms with Crippen LogP contribution in [0.5, 0.6) is 5.75 Å². The molecule has 2 atom stereocenters. The summed E-state index contributed by atoms with van der Waals surface area (Å²) in [7, 11) is 0. The lowest BCUT2D eigenvalue weighted by Gasteiger charge is -2.29. The zero-order chi connectivity index (χ0) is 15.2. The number of hydrogen-bond donors (Lipinski definition) is 1. The van der Waals surface area contributed by atoms with Gasteiger partial charge in [0.05, 0.1) is 24.0 Å². The summed E-state index contributed by atoms with van der Waals surface area (Å²) in [6.45, 7) is 4.34. The van der Waals surface area contributed by atoms with Crippen LogP contribution >= 0.6 is 0 Å². The van der Waals surface area contributed by atoms with Gasteiger partial charge in [-0.1, -0.05) is 25.8 Å². The highest BCUT2D eigenvalue weighted by Gasteiger charge is 2.23. The second kappa shape index (κ2) is 7.34. The average Bonchev–Trinajstić information content (AvgIpc) is 2.50. The third-order valence-electron chi connectivity index (χ3n) is 4.17. The molecule has 1 aliphatic rings. The predicted octanol–water partition coefficient (Wildman–Crippen LogP) is 3.79. The molecule has 2 N–H and O–H groups in total. The molecule has 0 bridgehead atoms. The van der Waals surface area contributed by atoms with Crippen LogP contribution in [0.2, 0.25) is 0 Å². The number of nitrogens with two attached hydrogens (primary N) is 1. The quantitative estimate of drug-likeness (QED) is 0.662. The molecule has 0 saturated heterocycles. The van der Waals surface area contributed by atoms with E-state index in [9.17, 15) is 4.79 Å². The van der Waals surface area contributed by atoms with Gasteiger partial charge in [0.15, 0.2) is 0 Å². The van der Waals surface area contributed by atoms with Crippen LogP contribution in [0, 0.1) is 5.92 Å². The highest BCUT2D eigenvalue weighted by molar-refractivity contribution is 5.96. The number of para-hydroxylation sites is 1. The van der Waals surface area contributed by atoms with Gasteiger partial charge in [0.1, 0.15) is 5.75 Å². The molecule has 1 aromatic rings. The fraction of sp³-hybridized carbons (Fsp3) is 0.588. The first kappa shape index (κ1) is 15.7. The van der Waals surface area contributed by atoms with E-state index in [0.29, 0.717) is 23.6 Å². The topological polar surface area (TPSA) is 61.5 Å². The van der Waals surface area contributed by atoms with Gasteiger partial charge in [-0.2, -0.15) is 0 Å². The molecule has 1 fully saturated rings. The van der Waals surface area contributed by atoms with E-state index in [1.54, 1.807) is 19.1 Å². The highest BCUT2D eigenvalue weighted by atomic mass is 16.5. The molecule has 1 aliphatic carbocycles. The normalized spacial score (nSPS) is 21.8.